The van der Waals surface area contributed by atoms with Crippen molar-refractivity contribution >= 4 is 34.4 Å². The third-order valence-corrected chi connectivity index (χ3v) is 4.32. The van der Waals surface area contributed by atoms with E-state index in [1.54, 1.807) is 25.1 Å². The molecule has 2 aromatic rings. The molecule has 128 valence electrons. The zero-order valence-corrected chi connectivity index (χ0v) is 15.3. The van der Waals surface area contributed by atoms with Gasteiger partial charge in [-0.15, -0.1) is 0 Å². The van der Waals surface area contributed by atoms with Gasteiger partial charge in [0, 0.05) is 9.13 Å². The molecule has 2 rings (SSSR count). The second-order valence-corrected chi connectivity index (χ2v) is 6.18. The van der Waals surface area contributed by atoms with E-state index in [-0.39, 0.29) is 17.9 Å². The van der Waals surface area contributed by atoms with E-state index in [9.17, 15) is 13.6 Å². The summed E-state index contributed by atoms with van der Waals surface area (Å²) in [5.41, 5.74) is 1.78. The molecule has 0 fully saturated rings. The Labute approximate surface area is 152 Å². The SMILES string of the molecule is COC(=O)Nc1cccc(I)c1COc1ccc(C)cc1C(F)F. The minimum absolute atomic E-state index is 0.0429. The Balaban J connectivity index is 2.25. The van der Waals surface area contributed by atoms with E-state index >= 15 is 0 Å². The van der Waals surface area contributed by atoms with Crippen molar-refractivity contribution in [2.24, 2.45) is 0 Å². The van der Waals surface area contributed by atoms with Crippen molar-refractivity contribution < 1.29 is 23.0 Å². The van der Waals surface area contributed by atoms with Gasteiger partial charge < -0.3 is 9.47 Å². The van der Waals surface area contributed by atoms with Crippen LogP contribution in [0.25, 0.3) is 0 Å². The number of halogens is 3. The highest BCUT2D eigenvalue weighted by Crippen LogP contribution is 2.31. The molecule has 0 saturated carbocycles. The fraction of sp³-hybridized carbons (Fsp3) is 0.235. The smallest absolute Gasteiger partial charge is 0.411 e. The number of ether oxygens (including phenoxy) is 2. The number of carbonyl (C=O) groups excluding carboxylic acids is 1. The summed E-state index contributed by atoms with van der Waals surface area (Å²) in [6.45, 7) is 1.79. The van der Waals surface area contributed by atoms with Crippen LogP contribution < -0.4 is 10.1 Å². The van der Waals surface area contributed by atoms with Crippen LogP contribution in [0, 0.1) is 10.5 Å². The number of anilines is 1. The third kappa shape index (κ3) is 4.56. The first kappa shape index (κ1) is 18.4. The van der Waals surface area contributed by atoms with Crippen LogP contribution in [0.4, 0.5) is 19.3 Å². The largest absolute Gasteiger partial charge is 0.488 e. The molecule has 4 nitrogen and oxygen atoms in total. The highest BCUT2D eigenvalue weighted by molar-refractivity contribution is 14.1. The van der Waals surface area contributed by atoms with E-state index in [0.717, 1.165) is 9.13 Å². The van der Waals surface area contributed by atoms with Crippen molar-refractivity contribution in [1.82, 2.24) is 0 Å². The van der Waals surface area contributed by atoms with Gasteiger partial charge in [0.25, 0.3) is 6.43 Å². The quantitative estimate of drug-likeness (QED) is 0.634. The number of nitrogens with one attached hydrogen (secondary N) is 1. The van der Waals surface area contributed by atoms with Gasteiger partial charge in [0.1, 0.15) is 12.4 Å². The van der Waals surface area contributed by atoms with Gasteiger partial charge >= 0.3 is 6.09 Å². The molecule has 1 amide bonds. The number of rotatable bonds is 5. The van der Waals surface area contributed by atoms with Crippen molar-refractivity contribution in [3.8, 4) is 5.75 Å². The molecule has 0 bridgehead atoms. The van der Waals surface area contributed by atoms with Crippen LogP contribution >= 0.6 is 22.6 Å². The molecule has 1 N–H and O–H groups in total. The van der Waals surface area contributed by atoms with Crippen LogP contribution in [-0.2, 0) is 11.3 Å². The monoisotopic (exact) mass is 447 g/mol. The summed E-state index contributed by atoms with van der Waals surface area (Å²) in [6.07, 6.45) is -3.23. The minimum atomic E-state index is -2.62. The molecule has 0 unspecified atom stereocenters. The summed E-state index contributed by atoms with van der Waals surface area (Å²) in [4.78, 5) is 11.4. The highest BCUT2D eigenvalue weighted by Gasteiger charge is 2.16. The van der Waals surface area contributed by atoms with E-state index in [1.807, 2.05) is 6.07 Å². The Bertz CT molecular complexity index is 738. The molecule has 2 aromatic carbocycles. The number of methoxy groups -OCH3 is 1. The maximum Gasteiger partial charge on any atom is 0.411 e. The Hall–Kier alpha value is -1.90. The topological polar surface area (TPSA) is 47.6 Å². The fourth-order valence-electron chi connectivity index (χ4n) is 2.10. The summed E-state index contributed by atoms with van der Waals surface area (Å²) in [5.74, 6) is 0.124. The van der Waals surface area contributed by atoms with Crippen LogP contribution in [-0.4, -0.2) is 13.2 Å². The Morgan fingerprint density at radius 2 is 2.04 bits per heavy atom. The van der Waals surface area contributed by atoms with Gasteiger partial charge in [0.05, 0.1) is 18.4 Å². The normalized spacial score (nSPS) is 10.6. The summed E-state index contributed by atoms with van der Waals surface area (Å²) in [6, 6.07) is 9.95. The maximum absolute atomic E-state index is 13.2. The van der Waals surface area contributed by atoms with E-state index in [1.165, 1.54) is 19.2 Å². The molecular weight excluding hydrogens is 431 g/mol. The average molecular weight is 447 g/mol. The summed E-state index contributed by atoms with van der Waals surface area (Å²) in [5, 5.41) is 2.59. The Morgan fingerprint density at radius 1 is 1.29 bits per heavy atom. The molecule has 0 aliphatic carbocycles. The first-order chi connectivity index (χ1) is 11.4. The fourth-order valence-corrected chi connectivity index (χ4v) is 2.76. The molecule has 0 saturated heterocycles. The van der Waals surface area contributed by atoms with Gasteiger partial charge in [0.2, 0.25) is 0 Å². The molecule has 0 atom stereocenters. The number of hydrogen-bond donors (Lipinski definition) is 1. The molecule has 0 radical (unpaired) electrons. The molecule has 7 heteroatoms. The van der Waals surface area contributed by atoms with Crippen molar-refractivity contribution in [2.45, 2.75) is 20.0 Å². The van der Waals surface area contributed by atoms with Crippen LogP contribution in [0.2, 0.25) is 0 Å². The van der Waals surface area contributed by atoms with E-state index in [0.29, 0.717) is 11.3 Å². The van der Waals surface area contributed by atoms with Crippen molar-refractivity contribution in [2.75, 3.05) is 12.4 Å². The molecule has 0 aliphatic heterocycles. The second-order valence-electron chi connectivity index (χ2n) is 5.01. The zero-order valence-electron chi connectivity index (χ0n) is 13.1. The lowest BCUT2D eigenvalue weighted by atomic mass is 10.1. The standard InChI is InChI=1S/C17H16F2INO3/c1-10-6-7-15(11(8-10)16(18)19)24-9-12-13(20)4-3-5-14(12)21-17(22)23-2/h3-8,16H,9H2,1-2H3,(H,21,22). The van der Waals surface area contributed by atoms with E-state index in [4.69, 9.17) is 4.74 Å². The number of aryl methyl sites for hydroxylation is 1. The predicted octanol–water partition coefficient (Wildman–Crippen LogP) is 5.29. The predicted molar refractivity (Wildman–Crippen MR) is 95.7 cm³/mol. The zero-order chi connectivity index (χ0) is 17.7. The second kappa shape index (κ2) is 8.27. The third-order valence-electron chi connectivity index (χ3n) is 3.31. The molecule has 24 heavy (non-hydrogen) atoms. The molecule has 0 aliphatic rings. The van der Waals surface area contributed by atoms with Gasteiger partial charge in [0.15, 0.2) is 0 Å². The molecule has 0 heterocycles. The van der Waals surface area contributed by atoms with Crippen molar-refractivity contribution in [1.29, 1.82) is 0 Å². The van der Waals surface area contributed by atoms with Crippen LogP contribution in [0.3, 0.4) is 0 Å². The molecular formula is C17H16F2INO3. The van der Waals surface area contributed by atoms with Gasteiger partial charge in [-0.3, -0.25) is 5.32 Å². The first-order valence-electron chi connectivity index (χ1n) is 7.06. The average Bonchev–Trinajstić information content (AvgIpc) is 2.55. The number of benzene rings is 2. The van der Waals surface area contributed by atoms with Crippen LogP contribution in [0.5, 0.6) is 5.75 Å². The Kier molecular flexibility index (Phi) is 6.36. The Morgan fingerprint density at radius 3 is 2.71 bits per heavy atom. The minimum Gasteiger partial charge on any atom is -0.488 e. The number of alkyl halides is 2. The van der Waals surface area contributed by atoms with E-state index in [2.05, 4.69) is 32.6 Å². The summed E-state index contributed by atoms with van der Waals surface area (Å²) >= 11 is 2.09. The highest BCUT2D eigenvalue weighted by atomic mass is 127. The number of carbonyl (C=O) groups is 1. The maximum atomic E-state index is 13.2. The lowest BCUT2D eigenvalue weighted by molar-refractivity contribution is 0.144. The first-order valence-corrected chi connectivity index (χ1v) is 8.14. The number of amides is 1. The van der Waals surface area contributed by atoms with E-state index < -0.39 is 12.5 Å². The van der Waals surface area contributed by atoms with Gasteiger partial charge in [-0.05, 0) is 53.8 Å². The lowest BCUT2D eigenvalue weighted by Gasteiger charge is -2.15. The van der Waals surface area contributed by atoms with Crippen LogP contribution in [0.1, 0.15) is 23.1 Å². The van der Waals surface area contributed by atoms with Gasteiger partial charge in [-0.1, -0.05) is 17.7 Å². The summed E-state index contributed by atoms with van der Waals surface area (Å²) in [7, 11) is 1.26. The molecule has 0 aromatic heterocycles. The van der Waals surface area contributed by atoms with Crippen molar-refractivity contribution in [3.05, 3.63) is 56.7 Å². The summed E-state index contributed by atoms with van der Waals surface area (Å²) < 4.78 is 37.3. The van der Waals surface area contributed by atoms with Gasteiger partial charge in [-0.25, -0.2) is 13.6 Å². The molecule has 0 spiro atoms. The van der Waals surface area contributed by atoms with Crippen molar-refractivity contribution in [3.63, 3.8) is 0 Å². The van der Waals surface area contributed by atoms with Crippen LogP contribution in [0.15, 0.2) is 36.4 Å². The lowest BCUT2D eigenvalue weighted by Crippen LogP contribution is -2.14. The van der Waals surface area contributed by atoms with Gasteiger partial charge in [-0.2, -0.15) is 0 Å². The number of hydrogen-bond acceptors (Lipinski definition) is 3.